The van der Waals surface area contributed by atoms with Gasteiger partial charge in [-0.15, -0.1) is 0 Å². The second kappa shape index (κ2) is 7.77. The van der Waals surface area contributed by atoms with Gasteiger partial charge in [0, 0.05) is 37.2 Å². The van der Waals surface area contributed by atoms with Gasteiger partial charge in [0.1, 0.15) is 5.75 Å². The van der Waals surface area contributed by atoms with Gasteiger partial charge in [-0.1, -0.05) is 18.2 Å². The van der Waals surface area contributed by atoms with E-state index in [1.165, 1.54) is 5.56 Å². The lowest BCUT2D eigenvalue weighted by Crippen LogP contribution is -2.51. The van der Waals surface area contributed by atoms with Crippen molar-refractivity contribution in [1.29, 1.82) is 0 Å². The molecule has 1 heterocycles. The highest BCUT2D eigenvalue weighted by atomic mass is 32.2. The first-order valence-electron chi connectivity index (χ1n) is 7.77. The Labute approximate surface area is 138 Å². The Morgan fingerprint density at radius 1 is 1.41 bits per heavy atom. The van der Waals surface area contributed by atoms with Crippen LogP contribution in [-0.4, -0.2) is 55.2 Å². The van der Waals surface area contributed by atoms with Gasteiger partial charge in [-0.2, -0.15) is 11.8 Å². The predicted molar refractivity (Wildman–Crippen MR) is 96.2 cm³/mol. The monoisotopic (exact) mass is 321 g/mol. The number of aliphatic imine (C=N–C) groups is 1. The van der Waals surface area contributed by atoms with E-state index in [0.29, 0.717) is 4.75 Å². The molecule has 1 aliphatic heterocycles. The molecule has 0 radical (unpaired) electrons. The molecule has 1 aliphatic rings. The zero-order chi connectivity index (χ0) is 16.0. The highest BCUT2D eigenvalue weighted by Gasteiger charge is 2.28. The fourth-order valence-corrected chi connectivity index (χ4v) is 3.86. The van der Waals surface area contributed by atoms with Crippen LogP contribution in [0.25, 0.3) is 0 Å². The van der Waals surface area contributed by atoms with E-state index in [0.717, 1.165) is 43.5 Å². The van der Waals surface area contributed by atoms with Gasteiger partial charge in [-0.25, -0.2) is 0 Å². The number of hydrogen-bond donors (Lipinski definition) is 1. The number of hydrogen-bond acceptors (Lipinski definition) is 3. The molecule has 0 aliphatic carbocycles. The van der Waals surface area contributed by atoms with E-state index >= 15 is 0 Å². The Kier molecular flexibility index (Phi) is 6.00. The minimum Gasteiger partial charge on any atom is -0.496 e. The summed E-state index contributed by atoms with van der Waals surface area (Å²) in [5.74, 6) is 3.11. The van der Waals surface area contributed by atoms with Crippen molar-refractivity contribution in [2.24, 2.45) is 4.99 Å². The molecule has 1 N–H and O–H groups in total. The third-order valence-electron chi connectivity index (χ3n) is 3.81. The quantitative estimate of drug-likeness (QED) is 0.683. The Balaban J connectivity index is 1.89. The first-order chi connectivity index (χ1) is 10.6. The molecule has 1 aromatic carbocycles. The predicted octanol–water partition coefficient (Wildman–Crippen LogP) is 2.64. The summed E-state index contributed by atoms with van der Waals surface area (Å²) in [7, 11) is 3.58. The maximum atomic E-state index is 5.40. The smallest absolute Gasteiger partial charge is 0.193 e. The summed E-state index contributed by atoms with van der Waals surface area (Å²) >= 11 is 2.04. The summed E-state index contributed by atoms with van der Waals surface area (Å²) in [5, 5.41) is 3.49. The summed E-state index contributed by atoms with van der Waals surface area (Å²) in [5.41, 5.74) is 1.22. The van der Waals surface area contributed by atoms with Gasteiger partial charge < -0.3 is 15.0 Å². The molecule has 0 bridgehead atoms. The number of benzene rings is 1. The zero-order valence-corrected chi connectivity index (χ0v) is 14.9. The molecule has 4 nitrogen and oxygen atoms in total. The molecule has 0 saturated carbocycles. The van der Waals surface area contributed by atoms with E-state index in [2.05, 4.69) is 41.2 Å². The second-order valence-corrected chi connectivity index (χ2v) is 7.87. The molecular formula is C17H27N3OS. The van der Waals surface area contributed by atoms with Crippen LogP contribution in [0.3, 0.4) is 0 Å². The lowest BCUT2D eigenvalue weighted by atomic mass is 10.1. The Bertz CT molecular complexity index is 516. The highest BCUT2D eigenvalue weighted by molar-refractivity contribution is 8.00. The van der Waals surface area contributed by atoms with Crippen molar-refractivity contribution in [3.63, 3.8) is 0 Å². The number of ether oxygens (including phenoxy) is 1. The third kappa shape index (κ3) is 4.57. The van der Waals surface area contributed by atoms with E-state index < -0.39 is 0 Å². The van der Waals surface area contributed by atoms with Gasteiger partial charge in [0.15, 0.2) is 5.96 Å². The van der Waals surface area contributed by atoms with E-state index in [9.17, 15) is 0 Å². The van der Waals surface area contributed by atoms with Gasteiger partial charge in [0.25, 0.3) is 0 Å². The van der Waals surface area contributed by atoms with Crippen LogP contribution in [0.15, 0.2) is 29.3 Å². The first kappa shape index (κ1) is 17.0. The number of rotatable bonds is 4. The van der Waals surface area contributed by atoms with Crippen LogP contribution in [0.2, 0.25) is 0 Å². The number of nitrogens with zero attached hydrogens (tertiary/aromatic N) is 2. The van der Waals surface area contributed by atoms with E-state index in [1.807, 2.05) is 30.9 Å². The molecule has 5 heteroatoms. The SMILES string of the molecule is CN=C(NCCc1ccccc1OC)N1CCSC(C)(C)C1. The third-order valence-corrected chi connectivity index (χ3v) is 5.10. The van der Waals surface area contributed by atoms with Gasteiger partial charge >= 0.3 is 0 Å². The molecule has 0 amide bonds. The Morgan fingerprint density at radius 2 is 2.18 bits per heavy atom. The van der Waals surface area contributed by atoms with E-state index in [-0.39, 0.29) is 0 Å². The molecule has 2 rings (SSSR count). The molecule has 0 aromatic heterocycles. The van der Waals surface area contributed by atoms with Crippen LogP contribution in [0.4, 0.5) is 0 Å². The molecule has 0 atom stereocenters. The highest BCUT2D eigenvalue weighted by Crippen LogP contribution is 2.29. The topological polar surface area (TPSA) is 36.9 Å². The summed E-state index contributed by atoms with van der Waals surface area (Å²) in [6.45, 7) is 7.55. The van der Waals surface area contributed by atoms with Crippen molar-refractivity contribution < 1.29 is 4.74 Å². The maximum absolute atomic E-state index is 5.40. The van der Waals surface area contributed by atoms with Gasteiger partial charge in [0.05, 0.1) is 7.11 Å². The average molecular weight is 321 g/mol. The van der Waals surface area contributed by atoms with Crippen molar-refractivity contribution >= 4 is 17.7 Å². The van der Waals surface area contributed by atoms with Crippen molar-refractivity contribution in [2.45, 2.75) is 25.0 Å². The lowest BCUT2D eigenvalue weighted by molar-refractivity contribution is 0.376. The normalized spacial score (nSPS) is 18.2. The number of nitrogens with one attached hydrogen (secondary N) is 1. The minimum atomic E-state index is 0.290. The van der Waals surface area contributed by atoms with Crippen LogP contribution in [0, 0.1) is 0 Å². The van der Waals surface area contributed by atoms with Gasteiger partial charge in [-0.05, 0) is 31.9 Å². The minimum absolute atomic E-state index is 0.290. The van der Waals surface area contributed by atoms with Crippen molar-refractivity contribution in [3.05, 3.63) is 29.8 Å². The molecule has 122 valence electrons. The zero-order valence-electron chi connectivity index (χ0n) is 14.1. The van der Waals surface area contributed by atoms with Crippen LogP contribution < -0.4 is 10.1 Å². The van der Waals surface area contributed by atoms with Crippen LogP contribution in [0.1, 0.15) is 19.4 Å². The Hall–Kier alpha value is -1.36. The molecule has 22 heavy (non-hydrogen) atoms. The second-order valence-electron chi connectivity index (χ2n) is 6.07. The summed E-state index contributed by atoms with van der Waals surface area (Å²) < 4.78 is 5.69. The number of methoxy groups -OCH3 is 1. The number of thioether (sulfide) groups is 1. The standard InChI is InChI=1S/C17H27N3OS/c1-17(2)13-20(11-12-22-17)16(18-3)19-10-9-14-7-5-6-8-15(14)21-4/h5-8H,9-13H2,1-4H3,(H,18,19). The number of guanidine groups is 1. The summed E-state index contributed by atoms with van der Waals surface area (Å²) in [6.07, 6.45) is 0.926. The van der Waals surface area contributed by atoms with Gasteiger partial charge in [-0.3, -0.25) is 4.99 Å². The van der Waals surface area contributed by atoms with Crippen LogP contribution >= 0.6 is 11.8 Å². The molecule has 1 saturated heterocycles. The van der Waals surface area contributed by atoms with Crippen molar-refractivity contribution in [3.8, 4) is 5.75 Å². The molecule has 0 unspecified atom stereocenters. The van der Waals surface area contributed by atoms with Crippen molar-refractivity contribution in [2.75, 3.05) is 39.5 Å². The van der Waals surface area contributed by atoms with Crippen LogP contribution in [0.5, 0.6) is 5.75 Å². The maximum Gasteiger partial charge on any atom is 0.193 e. The first-order valence-corrected chi connectivity index (χ1v) is 8.76. The fourth-order valence-electron chi connectivity index (χ4n) is 2.75. The largest absolute Gasteiger partial charge is 0.496 e. The fraction of sp³-hybridized carbons (Fsp3) is 0.588. The Morgan fingerprint density at radius 3 is 2.86 bits per heavy atom. The van der Waals surface area contributed by atoms with E-state index in [1.54, 1.807) is 7.11 Å². The van der Waals surface area contributed by atoms with E-state index in [4.69, 9.17) is 4.74 Å². The van der Waals surface area contributed by atoms with Gasteiger partial charge in [0.2, 0.25) is 0 Å². The number of para-hydroxylation sites is 1. The molecule has 0 spiro atoms. The molecule has 1 fully saturated rings. The summed E-state index contributed by atoms with van der Waals surface area (Å²) in [4.78, 5) is 6.80. The lowest BCUT2D eigenvalue weighted by Gasteiger charge is -2.39. The average Bonchev–Trinajstić information content (AvgIpc) is 2.51. The molecular weight excluding hydrogens is 294 g/mol. The summed E-state index contributed by atoms with van der Waals surface area (Å²) in [6, 6.07) is 8.18. The van der Waals surface area contributed by atoms with Crippen LogP contribution in [-0.2, 0) is 6.42 Å². The molecule has 1 aromatic rings. The van der Waals surface area contributed by atoms with Crippen molar-refractivity contribution in [1.82, 2.24) is 10.2 Å².